The normalized spacial score (nSPS) is 14.6. The summed E-state index contributed by atoms with van der Waals surface area (Å²) in [7, 11) is -3.36. The summed E-state index contributed by atoms with van der Waals surface area (Å²) in [6, 6.07) is 2.75. The lowest BCUT2D eigenvalue weighted by Crippen LogP contribution is -2.23. The first-order valence-corrected chi connectivity index (χ1v) is 13.3. The number of aromatic nitrogens is 2. The zero-order valence-electron chi connectivity index (χ0n) is 16.6. The molecule has 0 spiro atoms. The summed E-state index contributed by atoms with van der Waals surface area (Å²) in [6.45, 7) is 0.0391. The van der Waals surface area contributed by atoms with Crippen LogP contribution in [0.3, 0.4) is 0 Å². The summed E-state index contributed by atoms with van der Waals surface area (Å²) in [5.74, 6) is -0.0898. The number of amides is 2. The molecule has 0 unspecified atom stereocenters. The third-order valence-electron chi connectivity index (χ3n) is 4.58. The zero-order chi connectivity index (χ0) is 21.7. The van der Waals surface area contributed by atoms with Crippen LogP contribution in [0.25, 0.3) is 0 Å². The molecule has 1 fully saturated rings. The Hall–Kier alpha value is -2.02. The molecule has 1 aliphatic carbocycles. The third kappa shape index (κ3) is 6.00. The standard InChI is InChI=1S/C18H23N5O4S3/c1-28-16-13(10-20-30(2,26)27)22-18(29-16)23-17(25)21-12-8-5-9-19-14(12)15(24)11-6-3-4-7-11/h5,8-9,11,20H,3-4,6-7,10H2,1-2H3,(H2,21,22,23,25). The second-order valence-electron chi connectivity index (χ2n) is 6.87. The maximum Gasteiger partial charge on any atom is 0.325 e. The van der Waals surface area contributed by atoms with Crippen LogP contribution in [-0.2, 0) is 16.6 Å². The Morgan fingerprint density at radius 2 is 2.00 bits per heavy atom. The molecule has 1 saturated carbocycles. The SMILES string of the molecule is CSc1sc(NC(=O)Nc2cccnc2C(=O)C2CCCC2)nc1CNS(C)(=O)=O. The van der Waals surface area contributed by atoms with Crippen LogP contribution in [0, 0.1) is 5.92 Å². The summed E-state index contributed by atoms with van der Waals surface area (Å²) in [6.07, 6.45) is 8.22. The number of hydrogen-bond acceptors (Lipinski definition) is 8. The lowest BCUT2D eigenvalue weighted by Gasteiger charge is -2.12. The van der Waals surface area contributed by atoms with Crippen molar-refractivity contribution in [3.8, 4) is 0 Å². The molecule has 2 amide bonds. The monoisotopic (exact) mass is 469 g/mol. The molecule has 0 bridgehead atoms. The van der Waals surface area contributed by atoms with Crippen LogP contribution in [-0.4, -0.2) is 42.7 Å². The Morgan fingerprint density at radius 1 is 1.27 bits per heavy atom. The molecule has 1 aliphatic rings. The summed E-state index contributed by atoms with van der Waals surface area (Å²) in [5, 5.41) is 5.66. The van der Waals surface area contributed by atoms with Crippen molar-refractivity contribution in [3.63, 3.8) is 0 Å². The fourth-order valence-corrected chi connectivity index (χ4v) is 5.23. The molecule has 2 aromatic rings. The molecule has 0 saturated heterocycles. The van der Waals surface area contributed by atoms with E-state index in [1.165, 1.54) is 29.3 Å². The average molecular weight is 470 g/mol. The minimum absolute atomic E-state index is 0.0391. The number of nitrogens with one attached hydrogen (secondary N) is 3. The van der Waals surface area contributed by atoms with E-state index in [0.29, 0.717) is 16.5 Å². The van der Waals surface area contributed by atoms with Crippen LogP contribution >= 0.6 is 23.1 Å². The Kier molecular flexibility index (Phi) is 7.45. The van der Waals surface area contributed by atoms with Crippen molar-refractivity contribution in [2.24, 2.45) is 5.92 Å². The van der Waals surface area contributed by atoms with Gasteiger partial charge in [-0.2, -0.15) is 0 Å². The van der Waals surface area contributed by atoms with E-state index < -0.39 is 16.1 Å². The molecule has 12 heteroatoms. The first-order valence-electron chi connectivity index (χ1n) is 9.32. The van der Waals surface area contributed by atoms with Crippen molar-refractivity contribution in [2.75, 3.05) is 23.1 Å². The quantitative estimate of drug-likeness (QED) is 0.399. The summed E-state index contributed by atoms with van der Waals surface area (Å²) < 4.78 is 25.8. The van der Waals surface area contributed by atoms with Crippen molar-refractivity contribution >= 4 is 55.8 Å². The molecule has 162 valence electrons. The van der Waals surface area contributed by atoms with E-state index in [2.05, 4.69) is 25.3 Å². The number of Topliss-reactive ketones (excluding diaryl/α,β-unsaturated/α-hetero) is 1. The van der Waals surface area contributed by atoms with Crippen LogP contribution in [0.1, 0.15) is 41.9 Å². The largest absolute Gasteiger partial charge is 0.325 e. The maximum atomic E-state index is 12.7. The van der Waals surface area contributed by atoms with Gasteiger partial charge in [-0.05, 0) is 31.2 Å². The minimum Gasteiger partial charge on any atom is -0.305 e. The predicted molar refractivity (Wildman–Crippen MR) is 119 cm³/mol. The second-order valence-corrected chi connectivity index (χ2v) is 10.8. The number of ketones is 1. The highest BCUT2D eigenvalue weighted by Gasteiger charge is 2.27. The van der Waals surface area contributed by atoms with E-state index in [4.69, 9.17) is 0 Å². The Bertz CT molecular complexity index is 1030. The summed E-state index contributed by atoms with van der Waals surface area (Å²) in [4.78, 5) is 33.7. The smallest absolute Gasteiger partial charge is 0.305 e. The van der Waals surface area contributed by atoms with E-state index in [-0.39, 0.29) is 23.9 Å². The van der Waals surface area contributed by atoms with Gasteiger partial charge >= 0.3 is 6.03 Å². The average Bonchev–Trinajstić information content (AvgIpc) is 3.35. The van der Waals surface area contributed by atoms with Crippen LogP contribution in [0.2, 0.25) is 0 Å². The van der Waals surface area contributed by atoms with Gasteiger partial charge in [-0.1, -0.05) is 24.2 Å². The number of rotatable bonds is 8. The van der Waals surface area contributed by atoms with Crippen LogP contribution in [0.15, 0.2) is 22.5 Å². The zero-order valence-corrected chi connectivity index (χ0v) is 19.0. The van der Waals surface area contributed by atoms with Gasteiger partial charge in [0.15, 0.2) is 10.9 Å². The van der Waals surface area contributed by atoms with Gasteiger partial charge in [0.1, 0.15) is 5.69 Å². The van der Waals surface area contributed by atoms with Gasteiger partial charge in [0.25, 0.3) is 0 Å². The van der Waals surface area contributed by atoms with E-state index in [1.807, 2.05) is 6.26 Å². The number of sulfonamides is 1. The van der Waals surface area contributed by atoms with Crippen LogP contribution in [0.4, 0.5) is 15.6 Å². The Labute approximate surface area is 183 Å². The number of pyridine rings is 1. The third-order valence-corrected chi connectivity index (χ3v) is 7.42. The fraction of sp³-hybridized carbons (Fsp3) is 0.444. The molecule has 0 radical (unpaired) electrons. The fourth-order valence-electron chi connectivity index (χ4n) is 3.20. The Balaban J connectivity index is 1.69. The molecule has 30 heavy (non-hydrogen) atoms. The van der Waals surface area contributed by atoms with Crippen molar-refractivity contribution in [1.29, 1.82) is 0 Å². The molecule has 0 aliphatic heterocycles. The first-order chi connectivity index (χ1) is 14.3. The van der Waals surface area contributed by atoms with E-state index >= 15 is 0 Å². The van der Waals surface area contributed by atoms with Crippen molar-refractivity contribution in [2.45, 2.75) is 36.4 Å². The first kappa shape index (κ1) is 22.7. The van der Waals surface area contributed by atoms with Gasteiger partial charge in [0.2, 0.25) is 10.0 Å². The molecular weight excluding hydrogens is 446 g/mol. The molecule has 3 rings (SSSR count). The van der Waals surface area contributed by atoms with Crippen molar-refractivity contribution in [3.05, 3.63) is 29.7 Å². The lowest BCUT2D eigenvalue weighted by atomic mass is 9.99. The van der Waals surface area contributed by atoms with Gasteiger partial charge in [-0.3, -0.25) is 15.1 Å². The number of hydrogen-bond donors (Lipinski definition) is 3. The highest BCUT2D eigenvalue weighted by Crippen LogP contribution is 2.32. The molecule has 0 atom stereocenters. The molecule has 9 nitrogen and oxygen atoms in total. The molecular formula is C18H23N5O4S3. The lowest BCUT2D eigenvalue weighted by molar-refractivity contribution is 0.0918. The minimum atomic E-state index is -3.36. The van der Waals surface area contributed by atoms with Crippen molar-refractivity contribution in [1.82, 2.24) is 14.7 Å². The van der Waals surface area contributed by atoms with Gasteiger partial charge in [0, 0.05) is 12.1 Å². The highest BCUT2D eigenvalue weighted by molar-refractivity contribution is 8.00. The van der Waals surface area contributed by atoms with Crippen LogP contribution < -0.4 is 15.4 Å². The van der Waals surface area contributed by atoms with E-state index in [9.17, 15) is 18.0 Å². The number of anilines is 2. The number of carbonyl (C=O) groups excluding carboxylic acids is 2. The highest BCUT2D eigenvalue weighted by atomic mass is 32.2. The van der Waals surface area contributed by atoms with E-state index in [1.54, 1.807) is 12.1 Å². The van der Waals surface area contributed by atoms with Gasteiger partial charge < -0.3 is 5.32 Å². The predicted octanol–water partition coefficient (Wildman–Crippen LogP) is 3.33. The number of nitrogens with zero attached hydrogens (tertiary/aromatic N) is 2. The molecule has 2 heterocycles. The van der Waals surface area contributed by atoms with E-state index in [0.717, 1.165) is 36.1 Å². The van der Waals surface area contributed by atoms with Crippen LogP contribution in [0.5, 0.6) is 0 Å². The molecule has 3 N–H and O–H groups in total. The second kappa shape index (κ2) is 9.86. The summed E-state index contributed by atoms with van der Waals surface area (Å²) in [5.41, 5.74) is 1.15. The van der Waals surface area contributed by atoms with Crippen molar-refractivity contribution < 1.29 is 18.0 Å². The number of carbonyl (C=O) groups is 2. The molecule has 2 aromatic heterocycles. The maximum absolute atomic E-state index is 12.7. The Morgan fingerprint density at radius 3 is 2.67 bits per heavy atom. The molecule has 0 aromatic carbocycles. The topological polar surface area (TPSA) is 130 Å². The van der Waals surface area contributed by atoms with Gasteiger partial charge in [-0.15, -0.1) is 11.8 Å². The number of urea groups is 1. The van der Waals surface area contributed by atoms with Gasteiger partial charge in [-0.25, -0.2) is 22.9 Å². The number of thioether (sulfide) groups is 1. The summed E-state index contributed by atoms with van der Waals surface area (Å²) >= 11 is 2.66. The van der Waals surface area contributed by atoms with Gasteiger partial charge in [0.05, 0.1) is 28.4 Å². The number of thiazole rings is 1.